The molecule has 8 nitrogen and oxygen atoms in total. The number of carboxylic acids is 1. The summed E-state index contributed by atoms with van der Waals surface area (Å²) in [6.45, 7) is 2.28. The van der Waals surface area contributed by atoms with E-state index in [2.05, 4.69) is 12.2 Å². The zero-order valence-electron chi connectivity index (χ0n) is 20.6. The van der Waals surface area contributed by atoms with Crippen LogP contribution in [0.15, 0.2) is 58.3 Å². The molecule has 0 saturated heterocycles. The summed E-state index contributed by atoms with van der Waals surface area (Å²) in [5.41, 5.74) is 0.0964. The molecular formula is C28H31N3O5. The molecule has 3 aliphatic rings. The second-order valence-electron chi connectivity index (χ2n) is 10.8. The van der Waals surface area contributed by atoms with Gasteiger partial charge in [-0.25, -0.2) is 14.2 Å². The number of carbonyl (C=O) groups excluding carboxylic acids is 1. The van der Waals surface area contributed by atoms with Crippen LogP contribution < -0.4 is 16.6 Å². The molecule has 1 amide bonds. The lowest BCUT2D eigenvalue weighted by atomic mass is 9.54. The Morgan fingerprint density at radius 2 is 1.61 bits per heavy atom. The molecular weight excluding hydrogens is 458 g/mol. The molecule has 0 spiro atoms. The predicted molar refractivity (Wildman–Crippen MR) is 136 cm³/mol. The molecule has 2 aromatic carbocycles. The van der Waals surface area contributed by atoms with Gasteiger partial charge in [-0.3, -0.25) is 9.59 Å². The minimum atomic E-state index is -1.09. The van der Waals surface area contributed by atoms with Crippen molar-refractivity contribution < 1.29 is 14.7 Å². The summed E-state index contributed by atoms with van der Waals surface area (Å²) in [6.07, 6.45) is 6.95. The highest BCUT2D eigenvalue weighted by atomic mass is 16.4. The van der Waals surface area contributed by atoms with Gasteiger partial charge >= 0.3 is 11.7 Å². The van der Waals surface area contributed by atoms with Gasteiger partial charge in [0.15, 0.2) is 0 Å². The average Bonchev–Trinajstić information content (AvgIpc) is 2.87. The second-order valence-corrected chi connectivity index (χ2v) is 10.8. The number of aromatic nitrogens is 2. The van der Waals surface area contributed by atoms with E-state index in [1.807, 2.05) is 12.1 Å². The van der Waals surface area contributed by atoms with Crippen molar-refractivity contribution in [3.8, 4) is 5.69 Å². The Morgan fingerprint density at radius 1 is 0.972 bits per heavy atom. The lowest BCUT2D eigenvalue weighted by Crippen LogP contribution is -2.53. The van der Waals surface area contributed by atoms with Crippen molar-refractivity contribution in [2.75, 3.05) is 0 Å². The maximum Gasteiger partial charge on any atom is 0.335 e. The number of carbonyl (C=O) groups is 2. The molecule has 36 heavy (non-hydrogen) atoms. The van der Waals surface area contributed by atoms with E-state index in [4.69, 9.17) is 0 Å². The highest BCUT2D eigenvalue weighted by molar-refractivity contribution is 5.93. The molecule has 6 rings (SSSR count). The van der Waals surface area contributed by atoms with Crippen molar-refractivity contribution in [1.29, 1.82) is 0 Å². The van der Waals surface area contributed by atoms with E-state index in [0.717, 1.165) is 54.0 Å². The zero-order chi connectivity index (χ0) is 25.7. The third-order valence-electron chi connectivity index (χ3n) is 8.51. The van der Waals surface area contributed by atoms with E-state index < -0.39 is 28.7 Å². The Labute approximate surface area is 208 Å². The number of hydrogen-bond donors (Lipinski definition) is 2. The minimum absolute atomic E-state index is 0.0946. The van der Waals surface area contributed by atoms with Gasteiger partial charge in [-0.1, -0.05) is 37.3 Å². The van der Waals surface area contributed by atoms with Crippen molar-refractivity contribution in [2.24, 2.45) is 17.9 Å². The molecule has 3 saturated carbocycles. The molecule has 188 valence electrons. The van der Waals surface area contributed by atoms with Crippen molar-refractivity contribution in [3.63, 3.8) is 0 Å². The predicted octanol–water partition coefficient (Wildman–Crippen LogP) is 3.16. The van der Waals surface area contributed by atoms with Crippen LogP contribution in [0.3, 0.4) is 0 Å². The van der Waals surface area contributed by atoms with Crippen molar-refractivity contribution in [3.05, 3.63) is 75.1 Å². The van der Waals surface area contributed by atoms with Gasteiger partial charge in [-0.15, -0.1) is 0 Å². The fraction of sp³-hybridized carbons (Fsp3) is 0.429. The fourth-order valence-electron chi connectivity index (χ4n) is 5.96. The van der Waals surface area contributed by atoms with Crippen LogP contribution in [-0.4, -0.2) is 32.2 Å². The monoisotopic (exact) mass is 489 g/mol. The van der Waals surface area contributed by atoms with Crippen LogP contribution in [0.4, 0.5) is 0 Å². The smallest absolute Gasteiger partial charge is 0.335 e. The second kappa shape index (κ2) is 8.76. The normalized spacial score (nSPS) is 23.9. The number of aliphatic carboxylic acids is 1. The Hall–Kier alpha value is -3.68. The summed E-state index contributed by atoms with van der Waals surface area (Å²) in [4.78, 5) is 50.9. The van der Waals surface area contributed by atoms with Gasteiger partial charge in [0.2, 0.25) is 5.91 Å². The molecule has 0 unspecified atom stereocenters. The highest BCUT2D eigenvalue weighted by Gasteiger charge is 2.50. The van der Waals surface area contributed by atoms with Gasteiger partial charge < -0.3 is 15.0 Å². The number of benzene rings is 2. The first-order valence-corrected chi connectivity index (χ1v) is 12.5. The van der Waals surface area contributed by atoms with Crippen LogP contribution in [0, 0.1) is 10.8 Å². The summed E-state index contributed by atoms with van der Waals surface area (Å²) in [6, 6.07) is 10.9. The van der Waals surface area contributed by atoms with Gasteiger partial charge in [-0.2, -0.15) is 0 Å². The first-order chi connectivity index (χ1) is 17.1. The summed E-state index contributed by atoms with van der Waals surface area (Å²) in [5.74, 6) is -1.24. The quantitative estimate of drug-likeness (QED) is 0.553. The fourth-order valence-corrected chi connectivity index (χ4v) is 5.96. The maximum atomic E-state index is 13.3. The number of rotatable bonds is 6. The van der Waals surface area contributed by atoms with Crippen LogP contribution in [0.5, 0.6) is 0 Å². The Morgan fingerprint density at radius 3 is 2.28 bits per heavy atom. The topological polar surface area (TPSA) is 110 Å². The minimum Gasteiger partial charge on any atom is -0.480 e. The molecule has 3 aliphatic carbocycles. The Bertz CT molecular complexity index is 1460. The molecule has 0 aliphatic heterocycles. The van der Waals surface area contributed by atoms with E-state index in [-0.39, 0.29) is 12.3 Å². The van der Waals surface area contributed by atoms with Gasteiger partial charge in [0.1, 0.15) is 6.04 Å². The van der Waals surface area contributed by atoms with Crippen LogP contribution >= 0.6 is 0 Å². The number of nitrogens with zero attached hydrogens (tertiary/aromatic N) is 2. The van der Waals surface area contributed by atoms with Crippen molar-refractivity contribution in [2.45, 2.75) is 57.9 Å². The third kappa shape index (κ3) is 4.04. The largest absolute Gasteiger partial charge is 0.480 e. The Kier molecular flexibility index (Phi) is 5.85. The van der Waals surface area contributed by atoms with E-state index in [1.165, 1.54) is 16.8 Å². The molecule has 1 aromatic heterocycles. The zero-order valence-corrected chi connectivity index (χ0v) is 20.6. The number of nitrogens with one attached hydrogen (secondary N) is 1. The third-order valence-corrected chi connectivity index (χ3v) is 8.51. The highest BCUT2D eigenvalue weighted by Crippen LogP contribution is 2.56. The first-order valence-electron chi connectivity index (χ1n) is 12.5. The molecule has 8 heteroatoms. The molecule has 3 aromatic rings. The van der Waals surface area contributed by atoms with Gasteiger partial charge in [0, 0.05) is 36.5 Å². The van der Waals surface area contributed by atoms with Crippen LogP contribution in [0.25, 0.3) is 16.5 Å². The summed E-state index contributed by atoms with van der Waals surface area (Å²) >= 11 is 0. The van der Waals surface area contributed by atoms with Gasteiger partial charge in [0.05, 0.1) is 5.69 Å². The van der Waals surface area contributed by atoms with E-state index in [1.54, 1.807) is 31.3 Å². The number of carboxylic acid groups (broad SMARTS) is 1. The standard InChI is InChI=1S/C28H31N3O5/c1-27-10-13-28(14-11-27,15-12-27)25(35)29-21(24(33)34)17-18-5-3-7-20-19(18)6-4-8-22(20)31-23(32)9-16-30(2)26(31)36/h3-9,16,21H,10-15,17H2,1-2H3,(H,29,35)(H,33,34)/t21-,27?,28?/m0/s1. The van der Waals surface area contributed by atoms with Gasteiger partial charge in [-0.05, 0) is 61.0 Å². The van der Waals surface area contributed by atoms with E-state index in [9.17, 15) is 24.3 Å². The van der Waals surface area contributed by atoms with Crippen LogP contribution in [0.1, 0.15) is 51.0 Å². The molecule has 3 fully saturated rings. The summed E-state index contributed by atoms with van der Waals surface area (Å²) in [5, 5.41) is 14.2. The first kappa shape index (κ1) is 24.0. The average molecular weight is 490 g/mol. The molecule has 2 bridgehead atoms. The Balaban J connectivity index is 1.47. The number of aryl methyl sites for hydroxylation is 1. The van der Waals surface area contributed by atoms with E-state index >= 15 is 0 Å². The number of amides is 1. The SMILES string of the molecule is Cn1ccc(=O)n(-c2cccc3c(C[C@H](NC(=O)C45CCC(C)(CC4)CC5)C(=O)O)cccc23)c1=O. The van der Waals surface area contributed by atoms with Gasteiger partial charge in [0.25, 0.3) is 5.56 Å². The van der Waals surface area contributed by atoms with Crippen LogP contribution in [0.2, 0.25) is 0 Å². The molecule has 1 atom stereocenters. The summed E-state index contributed by atoms with van der Waals surface area (Å²) < 4.78 is 2.44. The molecule has 0 radical (unpaired) electrons. The lowest BCUT2D eigenvalue weighted by molar-refractivity contribution is -0.147. The van der Waals surface area contributed by atoms with Crippen molar-refractivity contribution >= 4 is 22.6 Å². The number of hydrogen-bond acceptors (Lipinski definition) is 4. The summed E-state index contributed by atoms with van der Waals surface area (Å²) in [7, 11) is 1.58. The van der Waals surface area contributed by atoms with Crippen molar-refractivity contribution in [1.82, 2.24) is 14.5 Å². The molecule has 1 heterocycles. The maximum absolute atomic E-state index is 13.3. The molecule has 2 N–H and O–H groups in total. The lowest BCUT2D eigenvalue weighted by Gasteiger charge is -2.51. The van der Waals surface area contributed by atoms with E-state index in [0.29, 0.717) is 16.5 Å². The van der Waals surface area contributed by atoms with Crippen LogP contribution in [-0.2, 0) is 23.1 Å². The number of fused-ring (bicyclic) bond motifs is 4.